The summed E-state index contributed by atoms with van der Waals surface area (Å²) in [6, 6.07) is 5.82. The van der Waals surface area contributed by atoms with Crippen LogP contribution in [0.25, 0.3) is 0 Å². The van der Waals surface area contributed by atoms with Crippen molar-refractivity contribution in [1.82, 2.24) is 10.3 Å². The van der Waals surface area contributed by atoms with Crippen LogP contribution in [0.2, 0.25) is 5.02 Å². The predicted molar refractivity (Wildman–Crippen MR) is 106 cm³/mol. The zero-order valence-electron chi connectivity index (χ0n) is 15.8. The molecule has 5 nitrogen and oxygen atoms in total. The molecule has 0 radical (unpaired) electrons. The summed E-state index contributed by atoms with van der Waals surface area (Å²) in [5, 5.41) is 1.51. The number of benzene rings is 1. The van der Waals surface area contributed by atoms with Gasteiger partial charge in [-0.2, -0.15) is 23.2 Å². The fourth-order valence-corrected chi connectivity index (χ4v) is 4.96. The third kappa shape index (κ3) is 4.35. The Bertz CT molecular complexity index is 995. The van der Waals surface area contributed by atoms with Crippen molar-refractivity contribution >= 4 is 32.8 Å². The molecule has 29 heavy (non-hydrogen) atoms. The number of nitrogens with one attached hydrogen (secondary N) is 1. The zero-order valence-corrected chi connectivity index (χ0v) is 17.3. The Morgan fingerprint density at radius 1 is 1.24 bits per heavy atom. The summed E-state index contributed by atoms with van der Waals surface area (Å²) in [6.45, 7) is 1.82. The number of aryl methyl sites for hydroxylation is 1. The van der Waals surface area contributed by atoms with Gasteiger partial charge in [-0.1, -0.05) is 17.7 Å². The van der Waals surface area contributed by atoms with Gasteiger partial charge in [0.25, 0.3) is 5.24 Å². The number of ether oxygens (including phenoxy) is 1. The number of nitrogens with zero attached hydrogens (tertiary/aromatic N) is 1. The Morgan fingerprint density at radius 2 is 1.93 bits per heavy atom. The van der Waals surface area contributed by atoms with Gasteiger partial charge in [-0.25, -0.2) is 4.98 Å². The third-order valence-electron chi connectivity index (χ3n) is 4.78. The summed E-state index contributed by atoms with van der Waals surface area (Å²) in [7, 11) is -1.76. The normalized spacial score (nSPS) is 19.8. The smallest absolute Gasteiger partial charge is 0.417 e. The van der Waals surface area contributed by atoms with E-state index in [1.807, 2.05) is 19.4 Å². The van der Waals surface area contributed by atoms with Crippen molar-refractivity contribution in [2.45, 2.75) is 24.8 Å². The Balaban J connectivity index is 1.78. The quantitative estimate of drug-likeness (QED) is 0.711. The molecule has 1 atom stereocenters. The standard InChI is InChI=1S/C19H18ClF3N2O3S/c1-10-6-13(28-17-14(20)8-12(9-24-17)19(21,22)23)5-4-11(10)7-15-16(26)25-18(27)29(15,2)3/h4-6,8-9,15H,7H2,1-3H3,(H,25,26,27). The first-order chi connectivity index (χ1) is 13.4. The van der Waals surface area contributed by atoms with Gasteiger partial charge >= 0.3 is 6.18 Å². The molecule has 10 heteroatoms. The lowest BCUT2D eigenvalue weighted by molar-refractivity contribution is -0.137. The summed E-state index contributed by atoms with van der Waals surface area (Å²) in [6.07, 6.45) is 0.136. The van der Waals surface area contributed by atoms with Gasteiger partial charge in [0.2, 0.25) is 11.8 Å². The monoisotopic (exact) mass is 446 g/mol. The minimum absolute atomic E-state index is 0.141. The van der Waals surface area contributed by atoms with Crippen LogP contribution in [-0.2, 0) is 17.4 Å². The predicted octanol–water partition coefficient (Wildman–Crippen LogP) is 5.08. The minimum Gasteiger partial charge on any atom is -0.438 e. The molecule has 1 aromatic heterocycles. The molecule has 1 fully saturated rings. The topological polar surface area (TPSA) is 68.3 Å². The largest absolute Gasteiger partial charge is 0.438 e. The SMILES string of the molecule is Cc1cc(Oc2ncc(C(F)(F)F)cc2Cl)ccc1CC1C(=O)NC(=O)S1(C)C. The van der Waals surface area contributed by atoms with Crippen LogP contribution in [0, 0.1) is 6.92 Å². The first-order valence-electron chi connectivity index (χ1n) is 8.47. The number of carbonyl (C=O) groups excluding carboxylic acids is 2. The second-order valence-electron chi connectivity index (χ2n) is 7.07. The van der Waals surface area contributed by atoms with Crippen molar-refractivity contribution in [2.75, 3.05) is 12.5 Å². The Hall–Kier alpha value is -2.26. The molecule has 0 spiro atoms. The number of aromatic nitrogens is 1. The fourth-order valence-electron chi connectivity index (χ4n) is 2.94. The van der Waals surface area contributed by atoms with Crippen molar-refractivity contribution < 1.29 is 27.5 Å². The lowest BCUT2D eigenvalue weighted by Gasteiger charge is -2.28. The third-order valence-corrected chi connectivity index (χ3v) is 7.91. The van der Waals surface area contributed by atoms with Crippen molar-refractivity contribution in [3.8, 4) is 11.6 Å². The molecular weight excluding hydrogens is 429 g/mol. The summed E-state index contributed by atoms with van der Waals surface area (Å²) in [5.74, 6) is -0.0624. The summed E-state index contributed by atoms with van der Waals surface area (Å²) in [5.41, 5.74) is 0.725. The van der Waals surface area contributed by atoms with E-state index >= 15 is 0 Å². The Morgan fingerprint density at radius 3 is 2.45 bits per heavy atom. The Labute approximate surface area is 171 Å². The van der Waals surface area contributed by atoms with Crippen LogP contribution in [0.4, 0.5) is 18.0 Å². The van der Waals surface area contributed by atoms with Crippen LogP contribution in [0.5, 0.6) is 11.6 Å². The number of carbonyl (C=O) groups is 2. The second-order valence-corrected chi connectivity index (χ2v) is 11.2. The van der Waals surface area contributed by atoms with Gasteiger partial charge in [0.15, 0.2) is 0 Å². The molecule has 0 aliphatic carbocycles. The molecule has 1 aliphatic rings. The van der Waals surface area contributed by atoms with Crippen LogP contribution in [0.15, 0.2) is 30.5 Å². The second kappa shape index (κ2) is 7.53. The zero-order chi connectivity index (χ0) is 21.6. The molecule has 2 amide bonds. The van der Waals surface area contributed by atoms with E-state index in [-0.39, 0.29) is 22.0 Å². The van der Waals surface area contributed by atoms with Gasteiger partial charge in [0.05, 0.1) is 10.8 Å². The number of hydrogen-bond acceptors (Lipinski definition) is 4. The molecule has 0 saturated carbocycles. The summed E-state index contributed by atoms with van der Waals surface area (Å²) < 4.78 is 43.7. The summed E-state index contributed by atoms with van der Waals surface area (Å²) in [4.78, 5) is 27.7. The van der Waals surface area contributed by atoms with Gasteiger partial charge in [0.1, 0.15) is 10.8 Å². The average Bonchev–Trinajstić information content (AvgIpc) is 2.79. The van der Waals surface area contributed by atoms with E-state index in [0.717, 1.165) is 17.2 Å². The molecule has 1 saturated heterocycles. The number of imide groups is 1. The van der Waals surface area contributed by atoms with Crippen molar-refractivity contribution in [2.24, 2.45) is 0 Å². The molecule has 1 N–H and O–H groups in total. The number of halogens is 4. The Kier molecular flexibility index (Phi) is 5.57. The minimum atomic E-state index is -4.54. The number of rotatable bonds is 4. The van der Waals surface area contributed by atoms with Crippen molar-refractivity contribution in [3.63, 3.8) is 0 Å². The first-order valence-corrected chi connectivity index (χ1v) is 11.4. The van der Waals surface area contributed by atoms with Crippen LogP contribution in [-0.4, -0.2) is 33.9 Å². The maximum absolute atomic E-state index is 12.7. The van der Waals surface area contributed by atoms with E-state index in [9.17, 15) is 22.8 Å². The molecular formula is C19H18ClF3N2O3S. The van der Waals surface area contributed by atoms with E-state index in [4.69, 9.17) is 16.3 Å². The molecule has 1 unspecified atom stereocenters. The van der Waals surface area contributed by atoms with Gasteiger partial charge in [-0.15, -0.1) is 0 Å². The molecule has 1 aromatic carbocycles. The maximum Gasteiger partial charge on any atom is 0.417 e. The molecule has 2 aromatic rings. The maximum atomic E-state index is 12.7. The molecule has 2 heterocycles. The van der Waals surface area contributed by atoms with Crippen LogP contribution in [0.3, 0.4) is 0 Å². The highest BCUT2D eigenvalue weighted by Gasteiger charge is 2.44. The van der Waals surface area contributed by atoms with Crippen LogP contribution < -0.4 is 10.1 Å². The molecule has 3 rings (SSSR count). The van der Waals surface area contributed by atoms with Gasteiger partial charge in [0, 0.05) is 6.20 Å². The number of alkyl halides is 3. The highest BCUT2D eigenvalue weighted by atomic mass is 35.5. The van der Waals surface area contributed by atoms with E-state index in [1.165, 1.54) is 0 Å². The van der Waals surface area contributed by atoms with Gasteiger partial charge < -0.3 is 4.74 Å². The van der Waals surface area contributed by atoms with E-state index < -0.39 is 27.0 Å². The molecule has 0 bridgehead atoms. The number of amides is 2. The lowest BCUT2D eigenvalue weighted by Crippen LogP contribution is -2.26. The average molecular weight is 447 g/mol. The van der Waals surface area contributed by atoms with E-state index in [0.29, 0.717) is 18.4 Å². The summed E-state index contributed by atoms with van der Waals surface area (Å²) >= 11 is 5.87. The highest BCUT2D eigenvalue weighted by Crippen LogP contribution is 2.51. The number of pyridine rings is 1. The van der Waals surface area contributed by atoms with Gasteiger partial charge in [-0.3, -0.25) is 14.9 Å². The van der Waals surface area contributed by atoms with E-state index in [2.05, 4.69) is 10.3 Å². The highest BCUT2D eigenvalue weighted by molar-refractivity contribution is 8.45. The first kappa shape index (κ1) is 21.4. The molecule has 1 aliphatic heterocycles. The van der Waals surface area contributed by atoms with Crippen molar-refractivity contribution in [1.29, 1.82) is 0 Å². The van der Waals surface area contributed by atoms with Crippen LogP contribution in [0.1, 0.15) is 16.7 Å². The fraction of sp³-hybridized carbons (Fsp3) is 0.316. The van der Waals surface area contributed by atoms with Gasteiger partial charge in [-0.05, 0) is 55.2 Å². The van der Waals surface area contributed by atoms with Crippen LogP contribution >= 0.6 is 21.6 Å². The lowest BCUT2D eigenvalue weighted by atomic mass is 10.0. The van der Waals surface area contributed by atoms with E-state index in [1.54, 1.807) is 18.2 Å². The number of hydrogen-bond donors (Lipinski definition) is 1. The molecule has 156 valence electrons. The van der Waals surface area contributed by atoms with Crippen molar-refractivity contribution in [3.05, 3.63) is 52.2 Å².